The van der Waals surface area contributed by atoms with Gasteiger partial charge in [0.05, 0.1) is 11.4 Å². The summed E-state index contributed by atoms with van der Waals surface area (Å²) >= 11 is 0. The standard InChI is InChI=1S/C35H31N/c1-22-14-16-25(17-15-22)34-21-32-27(24-8-3-4-9-24)12-7-13-29(32)35(36-34)33-19-23(2)18-30-28-11-6-5-10-26(28)20-31(30)33/h5-7,10-19,21,24H,3-4,8-9,20H2,1-2H3. The maximum Gasteiger partial charge on any atom is 0.0791 e. The number of benzene rings is 4. The van der Waals surface area contributed by atoms with E-state index < -0.39 is 0 Å². The first-order chi connectivity index (χ1) is 17.7. The zero-order valence-corrected chi connectivity index (χ0v) is 21.1. The monoisotopic (exact) mass is 465 g/mol. The maximum atomic E-state index is 5.42. The average Bonchev–Trinajstić information content (AvgIpc) is 3.56. The Labute approximate surface area is 213 Å². The summed E-state index contributed by atoms with van der Waals surface area (Å²) in [4.78, 5) is 5.42. The van der Waals surface area contributed by atoms with Gasteiger partial charge in [0.25, 0.3) is 0 Å². The van der Waals surface area contributed by atoms with Crippen LogP contribution in [0.5, 0.6) is 0 Å². The van der Waals surface area contributed by atoms with Crippen LogP contribution >= 0.6 is 0 Å². The van der Waals surface area contributed by atoms with Crippen molar-refractivity contribution in [3.8, 4) is 33.6 Å². The van der Waals surface area contributed by atoms with Gasteiger partial charge in [-0.05, 0) is 89.9 Å². The summed E-state index contributed by atoms with van der Waals surface area (Å²) in [5.41, 5.74) is 14.4. The van der Waals surface area contributed by atoms with Crippen molar-refractivity contribution in [3.05, 3.63) is 113 Å². The van der Waals surface area contributed by atoms with E-state index in [1.54, 1.807) is 0 Å². The Morgan fingerprint density at radius 3 is 2.28 bits per heavy atom. The van der Waals surface area contributed by atoms with Crippen LogP contribution in [-0.2, 0) is 6.42 Å². The molecule has 5 aromatic rings. The molecule has 0 saturated heterocycles. The number of hydrogen-bond acceptors (Lipinski definition) is 1. The van der Waals surface area contributed by atoms with Crippen LogP contribution in [0.2, 0.25) is 0 Å². The summed E-state index contributed by atoms with van der Waals surface area (Å²) in [6.45, 7) is 4.37. The Bertz CT molecular complexity index is 1620. The number of pyridine rings is 1. The molecule has 1 saturated carbocycles. The second-order valence-electron chi connectivity index (χ2n) is 10.8. The van der Waals surface area contributed by atoms with Crippen molar-refractivity contribution in [2.75, 3.05) is 0 Å². The molecule has 0 unspecified atom stereocenters. The quantitative estimate of drug-likeness (QED) is 0.254. The van der Waals surface area contributed by atoms with Crippen molar-refractivity contribution < 1.29 is 0 Å². The van der Waals surface area contributed by atoms with Gasteiger partial charge in [0.15, 0.2) is 0 Å². The molecule has 0 bridgehead atoms. The number of fused-ring (bicyclic) bond motifs is 4. The van der Waals surface area contributed by atoms with Gasteiger partial charge in [-0.2, -0.15) is 0 Å². The Kier molecular flexibility index (Phi) is 5.06. The van der Waals surface area contributed by atoms with Crippen molar-refractivity contribution in [2.24, 2.45) is 0 Å². The number of aromatic nitrogens is 1. The molecule has 0 amide bonds. The summed E-state index contributed by atoms with van der Waals surface area (Å²) in [5, 5.41) is 2.68. The summed E-state index contributed by atoms with van der Waals surface area (Å²) in [5.74, 6) is 0.655. The SMILES string of the molecule is Cc1ccc(-c2cc3c(C4CCCC4)cccc3c(-c3cc(C)cc4c3Cc3ccccc3-4)n2)cc1. The summed E-state index contributed by atoms with van der Waals surface area (Å²) in [6, 6.07) is 31.8. The summed E-state index contributed by atoms with van der Waals surface area (Å²) < 4.78 is 0. The third kappa shape index (κ3) is 3.49. The fourth-order valence-corrected chi connectivity index (χ4v) is 6.56. The van der Waals surface area contributed by atoms with E-state index in [1.165, 1.54) is 86.5 Å². The molecule has 0 radical (unpaired) electrons. The van der Waals surface area contributed by atoms with Crippen LogP contribution in [0.25, 0.3) is 44.4 Å². The van der Waals surface area contributed by atoms with Crippen LogP contribution in [0, 0.1) is 13.8 Å². The molecular weight excluding hydrogens is 434 g/mol. The topological polar surface area (TPSA) is 12.9 Å². The third-order valence-electron chi connectivity index (χ3n) is 8.37. The molecule has 0 spiro atoms. The van der Waals surface area contributed by atoms with Gasteiger partial charge in [-0.3, -0.25) is 0 Å². The number of hydrogen-bond donors (Lipinski definition) is 0. The Morgan fingerprint density at radius 1 is 0.667 bits per heavy atom. The third-order valence-corrected chi connectivity index (χ3v) is 8.37. The zero-order chi connectivity index (χ0) is 24.2. The lowest BCUT2D eigenvalue weighted by Crippen LogP contribution is -1.99. The van der Waals surface area contributed by atoms with Crippen LogP contribution in [-0.4, -0.2) is 4.98 Å². The van der Waals surface area contributed by atoms with E-state index >= 15 is 0 Å². The molecule has 2 aliphatic rings. The zero-order valence-electron chi connectivity index (χ0n) is 21.1. The van der Waals surface area contributed by atoms with Crippen LogP contribution in [0.4, 0.5) is 0 Å². The van der Waals surface area contributed by atoms with Crippen LogP contribution in [0.15, 0.2) is 84.9 Å². The van der Waals surface area contributed by atoms with Crippen molar-refractivity contribution in [2.45, 2.75) is 51.9 Å². The molecule has 1 heteroatoms. The van der Waals surface area contributed by atoms with Crippen molar-refractivity contribution in [3.63, 3.8) is 0 Å². The van der Waals surface area contributed by atoms with E-state index in [0.29, 0.717) is 5.92 Å². The Balaban J connectivity index is 1.52. The van der Waals surface area contributed by atoms with Crippen molar-refractivity contribution >= 4 is 10.8 Å². The van der Waals surface area contributed by atoms with Crippen molar-refractivity contribution in [1.82, 2.24) is 4.98 Å². The first kappa shape index (κ1) is 21.6. The van der Waals surface area contributed by atoms with Crippen LogP contribution < -0.4 is 0 Å². The fraction of sp³-hybridized carbons (Fsp3) is 0.229. The highest BCUT2D eigenvalue weighted by Gasteiger charge is 2.25. The van der Waals surface area contributed by atoms with E-state index in [9.17, 15) is 0 Å². The van der Waals surface area contributed by atoms with Gasteiger partial charge in [0.1, 0.15) is 0 Å². The maximum absolute atomic E-state index is 5.42. The molecule has 0 aliphatic heterocycles. The van der Waals surface area contributed by atoms with Gasteiger partial charge in [-0.25, -0.2) is 4.98 Å². The van der Waals surface area contributed by atoms with Crippen molar-refractivity contribution in [1.29, 1.82) is 0 Å². The minimum Gasteiger partial charge on any atom is -0.247 e. The average molecular weight is 466 g/mol. The van der Waals surface area contributed by atoms with E-state index in [0.717, 1.165) is 17.8 Å². The molecule has 4 aromatic carbocycles. The van der Waals surface area contributed by atoms with Crippen LogP contribution in [0.3, 0.4) is 0 Å². The molecule has 1 heterocycles. The smallest absolute Gasteiger partial charge is 0.0791 e. The van der Waals surface area contributed by atoms with Gasteiger partial charge in [-0.15, -0.1) is 0 Å². The lowest BCUT2D eigenvalue weighted by Gasteiger charge is -2.18. The minimum atomic E-state index is 0.655. The largest absolute Gasteiger partial charge is 0.247 e. The molecule has 176 valence electrons. The number of nitrogens with zero attached hydrogens (tertiary/aromatic N) is 1. The van der Waals surface area contributed by atoms with Crippen LogP contribution in [0.1, 0.15) is 59.4 Å². The molecule has 36 heavy (non-hydrogen) atoms. The van der Waals surface area contributed by atoms with E-state index in [-0.39, 0.29) is 0 Å². The predicted octanol–water partition coefficient (Wildman–Crippen LogP) is 9.41. The second-order valence-corrected chi connectivity index (χ2v) is 10.8. The lowest BCUT2D eigenvalue weighted by molar-refractivity contribution is 0.729. The molecule has 2 aliphatic carbocycles. The molecule has 7 rings (SSSR count). The molecule has 0 atom stereocenters. The second kappa shape index (κ2) is 8.45. The summed E-state index contributed by atoms with van der Waals surface area (Å²) in [7, 11) is 0. The van der Waals surface area contributed by atoms with Gasteiger partial charge in [0.2, 0.25) is 0 Å². The highest BCUT2D eigenvalue weighted by molar-refractivity contribution is 6.01. The predicted molar refractivity (Wildman–Crippen MR) is 152 cm³/mol. The van der Waals surface area contributed by atoms with Gasteiger partial charge < -0.3 is 0 Å². The highest BCUT2D eigenvalue weighted by Crippen LogP contribution is 2.45. The van der Waals surface area contributed by atoms with E-state index in [2.05, 4.69) is 98.8 Å². The normalized spacial score (nSPS) is 14.8. The first-order valence-corrected chi connectivity index (χ1v) is 13.4. The number of rotatable bonds is 3. The van der Waals surface area contributed by atoms with E-state index in [1.807, 2.05) is 0 Å². The first-order valence-electron chi connectivity index (χ1n) is 13.4. The minimum absolute atomic E-state index is 0.655. The van der Waals surface area contributed by atoms with E-state index in [4.69, 9.17) is 4.98 Å². The van der Waals surface area contributed by atoms with Gasteiger partial charge in [0, 0.05) is 16.5 Å². The molecule has 0 N–H and O–H groups in total. The highest BCUT2D eigenvalue weighted by atomic mass is 14.7. The molecule has 1 aromatic heterocycles. The molecular formula is C35H31N. The Morgan fingerprint density at radius 2 is 1.44 bits per heavy atom. The van der Waals surface area contributed by atoms with Gasteiger partial charge >= 0.3 is 0 Å². The lowest BCUT2D eigenvalue weighted by atomic mass is 9.88. The summed E-state index contributed by atoms with van der Waals surface area (Å²) in [6.07, 6.45) is 6.25. The Hall–Kier alpha value is -3.71. The molecule has 1 fully saturated rings. The van der Waals surface area contributed by atoms with Gasteiger partial charge in [-0.1, -0.05) is 91.2 Å². The number of aryl methyl sites for hydroxylation is 2. The molecule has 1 nitrogen and oxygen atoms in total. The fourth-order valence-electron chi connectivity index (χ4n) is 6.56.